The van der Waals surface area contributed by atoms with Crippen LogP contribution in [-0.4, -0.2) is 73.3 Å². The van der Waals surface area contributed by atoms with Crippen molar-refractivity contribution in [1.29, 1.82) is 0 Å². The highest BCUT2D eigenvalue weighted by Gasteiger charge is 2.41. The summed E-state index contributed by atoms with van der Waals surface area (Å²) in [5.74, 6) is 0.598. The molecule has 0 radical (unpaired) electrons. The van der Waals surface area contributed by atoms with Crippen molar-refractivity contribution in [2.75, 3.05) is 34.2 Å². The van der Waals surface area contributed by atoms with Gasteiger partial charge >= 0.3 is 5.69 Å². The molecular formula is C30H48N6O4S. The summed E-state index contributed by atoms with van der Waals surface area (Å²) in [6, 6.07) is 4.79. The number of hydrogen-bond donors (Lipinski definition) is 2. The minimum atomic E-state index is -3.80. The second kappa shape index (κ2) is 12.3. The van der Waals surface area contributed by atoms with E-state index in [-0.39, 0.29) is 27.9 Å². The summed E-state index contributed by atoms with van der Waals surface area (Å²) in [7, 11) is 2.12. The molecule has 5 rings (SSSR count). The third-order valence-corrected chi connectivity index (χ3v) is 11.0. The molecule has 2 heterocycles. The lowest BCUT2D eigenvalue weighted by Crippen LogP contribution is -2.45. The molecule has 10 nitrogen and oxygen atoms in total. The molecule has 2 aliphatic carbocycles. The Labute approximate surface area is 244 Å². The Kier molecular flexibility index (Phi) is 9.11. The fraction of sp³-hybridized carbons (Fsp3) is 0.733. The number of aromatic nitrogens is 2. The maximum absolute atomic E-state index is 14.0. The molecule has 2 atom stereocenters. The second-order valence-corrected chi connectivity index (χ2v) is 14.9. The first-order valence-electron chi connectivity index (χ1n) is 15.4. The van der Waals surface area contributed by atoms with Crippen molar-refractivity contribution in [3.63, 3.8) is 0 Å². The Bertz CT molecular complexity index is 1450. The standard InChI is InChI=1S/C30H48N6O4S/c1-30(15-16-30)32-41(39,40)24-13-14-26-25(19-24)28(37)36(29(38)35(26)18-17-33(2)3)21-23-20-34(4)31-27(23)22-11-9-7-5-6-8-10-12-22/h13-14,19,22-23,27,31-32H,5-12,15-18,20-21H2,1-4H3. The van der Waals surface area contributed by atoms with Crippen molar-refractivity contribution >= 4 is 20.9 Å². The molecule has 2 saturated carbocycles. The summed E-state index contributed by atoms with van der Waals surface area (Å²) < 4.78 is 32.2. The smallest absolute Gasteiger partial charge is 0.308 e. The number of likely N-dealkylation sites (N-methyl/N-ethyl adjacent to an activating group) is 1. The fourth-order valence-corrected chi connectivity index (χ4v) is 8.21. The lowest BCUT2D eigenvalue weighted by atomic mass is 9.83. The maximum atomic E-state index is 14.0. The molecule has 3 aliphatic rings. The molecule has 1 aliphatic heterocycles. The molecule has 2 aromatic rings. The van der Waals surface area contributed by atoms with Crippen LogP contribution in [-0.2, 0) is 23.1 Å². The Morgan fingerprint density at radius 3 is 2.32 bits per heavy atom. The molecule has 228 valence electrons. The van der Waals surface area contributed by atoms with E-state index >= 15 is 0 Å². The molecule has 0 spiro atoms. The van der Waals surface area contributed by atoms with Gasteiger partial charge in [-0.25, -0.2) is 22.9 Å². The minimum absolute atomic E-state index is 0.0605. The predicted molar refractivity (Wildman–Crippen MR) is 162 cm³/mol. The van der Waals surface area contributed by atoms with Crippen LogP contribution in [0, 0.1) is 11.8 Å². The first kappa shape index (κ1) is 30.4. The third kappa shape index (κ3) is 6.96. The van der Waals surface area contributed by atoms with Gasteiger partial charge in [0.05, 0.1) is 15.8 Å². The van der Waals surface area contributed by atoms with Crippen LogP contribution in [0.3, 0.4) is 0 Å². The molecule has 41 heavy (non-hydrogen) atoms. The van der Waals surface area contributed by atoms with Gasteiger partial charge in [0.1, 0.15) is 0 Å². The van der Waals surface area contributed by atoms with Crippen LogP contribution in [0.2, 0.25) is 0 Å². The molecule has 11 heteroatoms. The van der Waals surface area contributed by atoms with Gasteiger partial charge in [-0.15, -0.1) is 0 Å². The van der Waals surface area contributed by atoms with Crippen LogP contribution < -0.4 is 21.4 Å². The molecule has 1 aromatic heterocycles. The van der Waals surface area contributed by atoms with Gasteiger partial charge in [-0.3, -0.25) is 19.4 Å². The second-order valence-electron chi connectivity index (χ2n) is 13.3. The van der Waals surface area contributed by atoms with E-state index in [2.05, 4.69) is 15.2 Å². The first-order valence-corrected chi connectivity index (χ1v) is 16.9. The number of hydrazine groups is 1. The van der Waals surface area contributed by atoms with Crippen LogP contribution >= 0.6 is 0 Å². The van der Waals surface area contributed by atoms with Crippen LogP contribution in [0.4, 0.5) is 0 Å². The first-order chi connectivity index (χ1) is 19.5. The van der Waals surface area contributed by atoms with Gasteiger partial charge in [-0.1, -0.05) is 38.5 Å². The monoisotopic (exact) mass is 588 g/mol. The molecule has 2 N–H and O–H groups in total. The summed E-state index contributed by atoms with van der Waals surface area (Å²) in [6.45, 7) is 3.96. The number of sulfonamides is 1. The summed E-state index contributed by atoms with van der Waals surface area (Å²) in [4.78, 5) is 30.0. The van der Waals surface area contributed by atoms with Gasteiger partial charge in [0.15, 0.2) is 0 Å². The van der Waals surface area contributed by atoms with E-state index in [1.54, 1.807) is 10.6 Å². The van der Waals surface area contributed by atoms with E-state index in [9.17, 15) is 18.0 Å². The number of nitrogens with one attached hydrogen (secondary N) is 2. The Morgan fingerprint density at radius 1 is 1.02 bits per heavy atom. The molecule has 2 unspecified atom stereocenters. The number of nitrogens with zero attached hydrogens (tertiary/aromatic N) is 4. The van der Waals surface area contributed by atoms with Crippen molar-refractivity contribution in [1.82, 2.24) is 29.2 Å². The zero-order valence-corrected chi connectivity index (χ0v) is 26.0. The lowest BCUT2D eigenvalue weighted by molar-refractivity contribution is 0.226. The van der Waals surface area contributed by atoms with Crippen molar-refractivity contribution in [2.45, 2.75) is 101 Å². The topological polar surface area (TPSA) is 109 Å². The van der Waals surface area contributed by atoms with Gasteiger partial charge in [-0.2, -0.15) is 0 Å². The predicted octanol–water partition coefficient (Wildman–Crippen LogP) is 2.74. The third-order valence-electron chi connectivity index (χ3n) is 9.37. The van der Waals surface area contributed by atoms with Gasteiger partial charge < -0.3 is 4.90 Å². The average Bonchev–Trinajstić information content (AvgIpc) is 3.47. The van der Waals surface area contributed by atoms with Crippen LogP contribution in [0.5, 0.6) is 0 Å². The van der Waals surface area contributed by atoms with Crippen molar-refractivity contribution in [3.05, 3.63) is 39.0 Å². The molecule has 0 amide bonds. The van der Waals surface area contributed by atoms with E-state index in [4.69, 9.17) is 0 Å². The molecular weight excluding hydrogens is 540 g/mol. The highest BCUT2D eigenvalue weighted by atomic mass is 32.2. The van der Waals surface area contributed by atoms with E-state index < -0.39 is 21.1 Å². The normalized spacial score (nSPS) is 24.4. The number of fused-ring (bicyclic) bond motifs is 1. The Hall–Kier alpha value is -2.05. The zero-order valence-electron chi connectivity index (χ0n) is 25.2. The van der Waals surface area contributed by atoms with Gasteiger partial charge in [0.25, 0.3) is 5.56 Å². The fourth-order valence-electron chi connectivity index (χ4n) is 6.72. The van der Waals surface area contributed by atoms with Crippen LogP contribution in [0.15, 0.2) is 32.7 Å². The Balaban J connectivity index is 1.54. The van der Waals surface area contributed by atoms with Crippen LogP contribution in [0.1, 0.15) is 71.1 Å². The lowest BCUT2D eigenvalue weighted by Gasteiger charge is -2.28. The van der Waals surface area contributed by atoms with Crippen molar-refractivity contribution < 1.29 is 8.42 Å². The van der Waals surface area contributed by atoms with Gasteiger partial charge in [-0.05, 0) is 70.8 Å². The largest absolute Gasteiger partial charge is 0.331 e. The average molecular weight is 589 g/mol. The molecule has 1 aromatic carbocycles. The SMILES string of the molecule is CN(C)CCn1c(=O)n(CC2CN(C)NC2C2CCCCCCCC2)c(=O)c2cc(S(=O)(=O)NC3(C)CC3)ccc21. The van der Waals surface area contributed by atoms with E-state index in [1.165, 1.54) is 55.2 Å². The maximum Gasteiger partial charge on any atom is 0.331 e. The van der Waals surface area contributed by atoms with Gasteiger partial charge in [0.2, 0.25) is 10.0 Å². The molecule has 3 fully saturated rings. The summed E-state index contributed by atoms with van der Waals surface area (Å²) in [5.41, 5.74) is 2.97. The highest BCUT2D eigenvalue weighted by molar-refractivity contribution is 7.89. The van der Waals surface area contributed by atoms with Crippen molar-refractivity contribution in [2.24, 2.45) is 11.8 Å². The Morgan fingerprint density at radius 2 is 1.68 bits per heavy atom. The number of hydrogen-bond acceptors (Lipinski definition) is 7. The van der Waals surface area contributed by atoms with E-state index in [0.29, 0.717) is 31.1 Å². The van der Waals surface area contributed by atoms with Crippen LogP contribution in [0.25, 0.3) is 10.9 Å². The van der Waals surface area contributed by atoms with Crippen molar-refractivity contribution in [3.8, 4) is 0 Å². The van der Waals surface area contributed by atoms with E-state index in [1.807, 2.05) is 33.0 Å². The molecule has 0 bridgehead atoms. The number of rotatable bonds is 9. The number of benzene rings is 1. The molecule has 1 saturated heterocycles. The van der Waals surface area contributed by atoms with E-state index in [0.717, 1.165) is 32.2 Å². The van der Waals surface area contributed by atoms with Gasteiger partial charge in [0, 0.05) is 50.7 Å². The summed E-state index contributed by atoms with van der Waals surface area (Å²) in [6.07, 6.45) is 11.5. The minimum Gasteiger partial charge on any atom is -0.308 e. The summed E-state index contributed by atoms with van der Waals surface area (Å²) >= 11 is 0. The summed E-state index contributed by atoms with van der Waals surface area (Å²) in [5, 5.41) is 2.37. The zero-order chi connectivity index (χ0) is 29.4. The quantitative estimate of drug-likeness (QED) is 0.464. The highest BCUT2D eigenvalue weighted by Crippen LogP contribution is 2.36.